The molecular weight excluding hydrogens is 220 g/mol. The van der Waals surface area contributed by atoms with Gasteiger partial charge in [0.1, 0.15) is 0 Å². The van der Waals surface area contributed by atoms with E-state index in [0.29, 0.717) is 12.1 Å². The van der Waals surface area contributed by atoms with Crippen molar-refractivity contribution >= 4 is 18.5 Å². The molecule has 0 unspecified atom stereocenters. The number of aryl methyl sites for hydroxylation is 1. The number of amides is 1. The van der Waals surface area contributed by atoms with Crippen LogP contribution in [-0.2, 0) is 0 Å². The summed E-state index contributed by atoms with van der Waals surface area (Å²) >= 11 is 4.23. The second-order valence-corrected chi connectivity index (χ2v) is 4.23. The molecule has 3 nitrogen and oxygen atoms in total. The molecule has 88 valence electrons. The lowest BCUT2D eigenvalue weighted by Gasteiger charge is -2.08. The summed E-state index contributed by atoms with van der Waals surface area (Å²) in [6.07, 6.45) is 0.932. The monoisotopic (exact) mass is 238 g/mol. The fourth-order valence-electron chi connectivity index (χ4n) is 1.42. The molecule has 0 atom stereocenters. The first-order valence-corrected chi connectivity index (χ1v) is 5.82. The summed E-state index contributed by atoms with van der Waals surface area (Å²) in [5.74, 6) is -0.0236. The Hall–Kier alpha value is -1.00. The molecule has 1 rings (SSSR count). The minimum atomic E-state index is -0.0236. The van der Waals surface area contributed by atoms with Gasteiger partial charge in [-0.3, -0.25) is 4.79 Å². The normalized spacial score (nSPS) is 10.2. The van der Waals surface area contributed by atoms with Crippen molar-refractivity contribution < 1.29 is 4.79 Å². The molecule has 0 saturated heterocycles. The maximum absolute atomic E-state index is 11.8. The Morgan fingerprint density at radius 3 is 2.81 bits per heavy atom. The lowest BCUT2D eigenvalue weighted by atomic mass is 10.1. The Kier molecular flexibility index (Phi) is 5.35. The van der Waals surface area contributed by atoms with Crippen molar-refractivity contribution in [2.75, 3.05) is 20.1 Å². The zero-order valence-corrected chi connectivity index (χ0v) is 10.6. The van der Waals surface area contributed by atoms with Gasteiger partial charge in [0, 0.05) is 17.0 Å². The fourth-order valence-corrected chi connectivity index (χ4v) is 1.62. The van der Waals surface area contributed by atoms with Crippen molar-refractivity contribution in [1.82, 2.24) is 10.6 Å². The van der Waals surface area contributed by atoms with Gasteiger partial charge in [-0.1, -0.05) is 6.07 Å². The minimum Gasteiger partial charge on any atom is -0.352 e. The van der Waals surface area contributed by atoms with E-state index in [1.807, 2.05) is 26.1 Å². The van der Waals surface area contributed by atoms with Gasteiger partial charge >= 0.3 is 0 Å². The molecule has 0 radical (unpaired) electrons. The lowest BCUT2D eigenvalue weighted by molar-refractivity contribution is 0.0952. The average molecular weight is 238 g/mol. The van der Waals surface area contributed by atoms with Crippen LogP contribution in [0, 0.1) is 6.92 Å². The van der Waals surface area contributed by atoms with Crippen molar-refractivity contribution in [1.29, 1.82) is 0 Å². The number of rotatable bonds is 5. The van der Waals surface area contributed by atoms with E-state index in [-0.39, 0.29) is 5.91 Å². The molecule has 4 heteroatoms. The Morgan fingerprint density at radius 1 is 1.38 bits per heavy atom. The second-order valence-electron chi connectivity index (χ2n) is 3.71. The fraction of sp³-hybridized carbons (Fsp3) is 0.417. The van der Waals surface area contributed by atoms with E-state index in [9.17, 15) is 4.79 Å². The third kappa shape index (κ3) is 3.87. The Bertz CT molecular complexity index is 366. The van der Waals surface area contributed by atoms with Crippen LogP contribution in [0.2, 0.25) is 0 Å². The summed E-state index contributed by atoms with van der Waals surface area (Å²) in [6, 6.07) is 5.59. The molecule has 0 heterocycles. The summed E-state index contributed by atoms with van der Waals surface area (Å²) in [5, 5.41) is 5.93. The number of carbonyl (C=O) groups is 1. The highest BCUT2D eigenvalue weighted by Crippen LogP contribution is 2.13. The van der Waals surface area contributed by atoms with Gasteiger partial charge in [-0.2, -0.15) is 0 Å². The van der Waals surface area contributed by atoms with Crippen LogP contribution in [0.5, 0.6) is 0 Å². The topological polar surface area (TPSA) is 41.1 Å². The standard InChI is InChI=1S/C12H18N2OS/c1-9-4-5-10(16)8-11(9)12(15)14-7-3-6-13-2/h4-5,8,13,16H,3,6-7H2,1-2H3,(H,14,15). The van der Waals surface area contributed by atoms with E-state index < -0.39 is 0 Å². The van der Waals surface area contributed by atoms with Crippen molar-refractivity contribution in [2.45, 2.75) is 18.2 Å². The molecule has 0 bridgehead atoms. The molecular formula is C12H18N2OS. The van der Waals surface area contributed by atoms with E-state index in [1.165, 1.54) is 0 Å². The maximum atomic E-state index is 11.8. The molecule has 16 heavy (non-hydrogen) atoms. The number of nitrogens with one attached hydrogen (secondary N) is 2. The van der Waals surface area contributed by atoms with Crippen molar-refractivity contribution in [3.05, 3.63) is 29.3 Å². The third-order valence-corrected chi connectivity index (χ3v) is 2.63. The lowest BCUT2D eigenvalue weighted by Crippen LogP contribution is -2.27. The minimum absolute atomic E-state index is 0.0236. The van der Waals surface area contributed by atoms with Crippen LogP contribution >= 0.6 is 12.6 Å². The first kappa shape index (κ1) is 13.1. The van der Waals surface area contributed by atoms with E-state index in [4.69, 9.17) is 0 Å². The van der Waals surface area contributed by atoms with Crippen LogP contribution in [0.15, 0.2) is 23.1 Å². The molecule has 0 aliphatic rings. The van der Waals surface area contributed by atoms with Crippen LogP contribution < -0.4 is 10.6 Å². The maximum Gasteiger partial charge on any atom is 0.251 e. The van der Waals surface area contributed by atoms with Crippen molar-refractivity contribution in [2.24, 2.45) is 0 Å². The predicted octanol–water partition coefficient (Wildman–Crippen LogP) is 1.62. The van der Waals surface area contributed by atoms with Crippen LogP contribution in [0.4, 0.5) is 0 Å². The largest absolute Gasteiger partial charge is 0.352 e. The molecule has 0 saturated carbocycles. The van der Waals surface area contributed by atoms with Gasteiger partial charge in [0.25, 0.3) is 5.91 Å². The highest BCUT2D eigenvalue weighted by atomic mass is 32.1. The number of benzene rings is 1. The van der Waals surface area contributed by atoms with Crippen LogP contribution in [0.3, 0.4) is 0 Å². The van der Waals surface area contributed by atoms with E-state index in [0.717, 1.165) is 23.4 Å². The second kappa shape index (κ2) is 6.55. The molecule has 0 aliphatic heterocycles. The predicted molar refractivity (Wildman–Crippen MR) is 69.3 cm³/mol. The molecule has 1 aromatic carbocycles. The SMILES string of the molecule is CNCCCNC(=O)c1cc(S)ccc1C. The van der Waals surface area contributed by atoms with Gasteiger partial charge in [-0.15, -0.1) is 12.6 Å². The van der Waals surface area contributed by atoms with Crippen LogP contribution in [-0.4, -0.2) is 26.0 Å². The zero-order valence-electron chi connectivity index (χ0n) is 9.71. The van der Waals surface area contributed by atoms with E-state index in [1.54, 1.807) is 6.07 Å². The van der Waals surface area contributed by atoms with E-state index in [2.05, 4.69) is 23.3 Å². The Labute approximate surface area is 102 Å². The number of carbonyl (C=O) groups excluding carboxylic acids is 1. The highest BCUT2D eigenvalue weighted by molar-refractivity contribution is 7.80. The van der Waals surface area contributed by atoms with Gasteiger partial charge in [0.15, 0.2) is 0 Å². The van der Waals surface area contributed by atoms with Gasteiger partial charge in [-0.25, -0.2) is 0 Å². The molecule has 0 spiro atoms. The summed E-state index contributed by atoms with van der Waals surface area (Å²) < 4.78 is 0. The molecule has 0 aliphatic carbocycles. The van der Waals surface area contributed by atoms with Crippen molar-refractivity contribution in [3.63, 3.8) is 0 Å². The van der Waals surface area contributed by atoms with Gasteiger partial charge in [0.05, 0.1) is 0 Å². The number of hydrogen-bond acceptors (Lipinski definition) is 3. The highest BCUT2D eigenvalue weighted by Gasteiger charge is 2.08. The van der Waals surface area contributed by atoms with Gasteiger partial charge in [0.2, 0.25) is 0 Å². The van der Waals surface area contributed by atoms with E-state index >= 15 is 0 Å². The smallest absolute Gasteiger partial charge is 0.251 e. The quantitative estimate of drug-likeness (QED) is 0.539. The molecule has 2 N–H and O–H groups in total. The zero-order chi connectivity index (χ0) is 12.0. The molecule has 0 fully saturated rings. The van der Waals surface area contributed by atoms with Crippen LogP contribution in [0.1, 0.15) is 22.3 Å². The summed E-state index contributed by atoms with van der Waals surface area (Å²) in [4.78, 5) is 12.6. The number of thiol groups is 1. The van der Waals surface area contributed by atoms with Gasteiger partial charge < -0.3 is 10.6 Å². The molecule has 0 aromatic heterocycles. The first-order chi connectivity index (χ1) is 7.65. The average Bonchev–Trinajstić information content (AvgIpc) is 2.27. The summed E-state index contributed by atoms with van der Waals surface area (Å²) in [6.45, 7) is 3.53. The summed E-state index contributed by atoms with van der Waals surface area (Å²) in [7, 11) is 1.90. The van der Waals surface area contributed by atoms with Crippen LogP contribution in [0.25, 0.3) is 0 Å². The van der Waals surface area contributed by atoms with Gasteiger partial charge in [-0.05, 0) is 44.6 Å². The third-order valence-electron chi connectivity index (χ3n) is 2.35. The molecule has 1 amide bonds. The molecule has 1 aromatic rings. The number of hydrogen-bond donors (Lipinski definition) is 3. The summed E-state index contributed by atoms with van der Waals surface area (Å²) in [5.41, 5.74) is 1.68. The Morgan fingerprint density at radius 2 is 2.12 bits per heavy atom. The van der Waals surface area contributed by atoms with Crippen molar-refractivity contribution in [3.8, 4) is 0 Å². The Balaban J connectivity index is 2.55. The first-order valence-electron chi connectivity index (χ1n) is 5.37.